The van der Waals surface area contributed by atoms with Gasteiger partial charge in [0, 0.05) is 5.41 Å². The lowest BCUT2D eigenvalue weighted by Crippen LogP contribution is -2.67. The highest BCUT2D eigenvalue weighted by atomic mass is 79.9. The van der Waals surface area contributed by atoms with Gasteiger partial charge in [-0.3, -0.25) is 0 Å². The van der Waals surface area contributed by atoms with Crippen LogP contribution >= 0.6 is 15.9 Å². The summed E-state index contributed by atoms with van der Waals surface area (Å²) in [7, 11) is 0. The first-order valence-corrected chi connectivity index (χ1v) is 10.7. The molecule has 5 aliphatic rings. The molecule has 4 saturated carbocycles. The fourth-order valence-electron chi connectivity index (χ4n) is 8.07. The zero-order valence-electron chi connectivity index (χ0n) is 14.9. The highest BCUT2D eigenvalue weighted by Crippen LogP contribution is 2.74. The van der Waals surface area contributed by atoms with Crippen molar-refractivity contribution in [2.45, 2.75) is 87.3 Å². The second-order valence-corrected chi connectivity index (χ2v) is 11.4. The van der Waals surface area contributed by atoms with Crippen LogP contribution in [-0.2, 0) is 4.74 Å². The minimum atomic E-state index is -0.197. The lowest BCUT2D eigenvalue weighted by molar-refractivity contribution is -0.132. The van der Waals surface area contributed by atoms with Crippen molar-refractivity contribution in [3.05, 3.63) is 0 Å². The number of rotatable bonds is 0. The number of aliphatic hydroxyl groups is 2. The van der Waals surface area contributed by atoms with Crippen LogP contribution in [0.2, 0.25) is 0 Å². The summed E-state index contributed by atoms with van der Waals surface area (Å²) in [5.41, 5.74) is 0.119. The fraction of sp³-hybridized carbons (Fsp3) is 1.00. The number of aliphatic hydroxyl groups excluding tert-OH is 2. The molecule has 1 saturated heterocycles. The number of halogens is 1. The van der Waals surface area contributed by atoms with Crippen molar-refractivity contribution in [1.29, 1.82) is 0 Å². The molecule has 9 atom stereocenters. The zero-order valence-corrected chi connectivity index (χ0v) is 16.5. The SMILES string of the molecule is C[C@]12CC[C@H]3[C@@H](C[C@@]4(C)OC[C@@]35CC[C@H](O)C[C@@]54Br)[C@@H]1CC[C@@H]2O. The standard InChI is InChI=1S/C20H31BrO3/c1-17-7-6-15-13(14(17)3-4-16(17)23)10-18(2)20(21)9-12(22)5-8-19(15,20)11-24-18/h12-16,22-23H,3-11H2,1-2H3/t12-,13-,14-,15-,16-,17-,18+,19-,20-/m0/s1. The molecule has 2 bridgehead atoms. The third-order valence-corrected chi connectivity index (χ3v) is 11.4. The molecule has 0 amide bonds. The van der Waals surface area contributed by atoms with Gasteiger partial charge in [-0.2, -0.15) is 0 Å². The van der Waals surface area contributed by atoms with Crippen molar-refractivity contribution in [3.8, 4) is 0 Å². The summed E-state index contributed by atoms with van der Waals surface area (Å²) in [6.07, 6.45) is 8.15. The molecule has 4 aliphatic carbocycles. The summed E-state index contributed by atoms with van der Waals surface area (Å²) >= 11 is 4.18. The molecule has 136 valence electrons. The summed E-state index contributed by atoms with van der Waals surface area (Å²) in [5, 5.41) is 21.0. The second kappa shape index (κ2) is 4.79. The summed E-state index contributed by atoms with van der Waals surface area (Å²) in [6, 6.07) is 0. The Bertz CT molecular complexity index is 569. The Morgan fingerprint density at radius 3 is 2.54 bits per heavy atom. The monoisotopic (exact) mass is 398 g/mol. The van der Waals surface area contributed by atoms with Crippen molar-refractivity contribution in [2.24, 2.45) is 28.6 Å². The zero-order chi connectivity index (χ0) is 17.0. The van der Waals surface area contributed by atoms with Gasteiger partial charge in [-0.05, 0) is 81.5 Å². The predicted octanol–water partition coefficient (Wildman–Crippen LogP) is 3.65. The van der Waals surface area contributed by atoms with Crippen LogP contribution in [-0.4, -0.2) is 39.0 Å². The highest BCUT2D eigenvalue weighted by molar-refractivity contribution is 9.10. The average Bonchev–Trinajstić information content (AvgIpc) is 2.88. The van der Waals surface area contributed by atoms with Crippen molar-refractivity contribution in [2.75, 3.05) is 6.61 Å². The van der Waals surface area contributed by atoms with Crippen molar-refractivity contribution in [3.63, 3.8) is 0 Å². The van der Waals surface area contributed by atoms with E-state index in [1.807, 2.05) is 0 Å². The minimum Gasteiger partial charge on any atom is -0.393 e. The van der Waals surface area contributed by atoms with E-state index in [0.29, 0.717) is 17.8 Å². The van der Waals surface area contributed by atoms with E-state index in [0.717, 1.165) is 45.1 Å². The smallest absolute Gasteiger partial charge is 0.0817 e. The van der Waals surface area contributed by atoms with Crippen LogP contribution in [0.25, 0.3) is 0 Å². The average molecular weight is 399 g/mol. The number of fused-ring (bicyclic) bond motifs is 3. The van der Waals surface area contributed by atoms with Crippen LogP contribution in [0.3, 0.4) is 0 Å². The molecule has 0 aromatic heterocycles. The molecular formula is C20H31BrO3. The van der Waals surface area contributed by atoms with E-state index >= 15 is 0 Å². The summed E-state index contributed by atoms with van der Waals surface area (Å²) < 4.78 is 6.46. The lowest BCUT2D eigenvalue weighted by Gasteiger charge is -2.64. The first-order chi connectivity index (χ1) is 11.3. The van der Waals surface area contributed by atoms with E-state index in [4.69, 9.17) is 4.74 Å². The Balaban J connectivity index is 1.59. The third-order valence-electron chi connectivity index (χ3n) is 9.44. The van der Waals surface area contributed by atoms with E-state index in [1.54, 1.807) is 0 Å². The van der Waals surface area contributed by atoms with Crippen LogP contribution in [0.1, 0.15) is 65.2 Å². The summed E-state index contributed by atoms with van der Waals surface area (Å²) in [5.74, 6) is 2.01. The largest absolute Gasteiger partial charge is 0.393 e. The molecule has 0 radical (unpaired) electrons. The quantitative estimate of drug-likeness (QED) is 0.612. The summed E-state index contributed by atoms with van der Waals surface area (Å²) in [4.78, 5) is 0. The van der Waals surface area contributed by atoms with Gasteiger partial charge < -0.3 is 14.9 Å². The Morgan fingerprint density at radius 2 is 1.75 bits per heavy atom. The molecule has 0 aromatic carbocycles. The molecular weight excluding hydrogens is 368 g/mol. The third kappa shape index (κ3) is 1.66. The van der Waals surface area contributed by atoms with Crippen LogP contribution in [0, 0.1) is 28.6 Å². The van der Waals surface area contributed by atoms with Gasteiger partial charge in [-0.15, -0.1) is 0 Å². The number of hydrogen-bond donors (Lipinski definition) is 2. The molecule has 1 heterocycles. The molecule has 0 aromatic rings. The molecule has 24 heavy (non-hydrogen) atoms. The van der Waals surface area contributed by atoms with Gasteiger partial charge in [-0.25, -0.2) is 0 Å². The molecule has 5 fully saturated rings. The molecule has 4 heteroatoms. The van der Waals surface area contributed by atoms with Gasteiger partial charge in [0.25, 0.3) is 0 Å². The van der Waals surface area contributed by atoms with Gasteiger partial charge in [0.2, 0.25) is 0 Å². The van der Waals surface area contributed by atoms with Crippen LogP contribution < -0.4 is 0 Å². The Kier molecular flexibility index (Phi) is 3.30. The Hall–Kier alpha value is 0.360. The fourth-order valence-corrected chi connectivity index (χ4v) is 9.33. The summed E-state index contributed by atoms with van der Waals surface area (Å²) in [6.45, 7) is 5.48. The predicted molar refractivity (Wildman–Crippen MR) is 96.0 cm³/mol. The maximum Gasteiger partial charge on any atom is 0.0817 e. The van der Waals surface area contributed by atoms with Crippen LogP contribution in [0.5, 0.6) is 0 Å². The lowest BCUT2D eigenvalue weighted by atomic mass is 9.43. The number of hydrogen-bond acceptors (Lipinski definition) is 3. The van der Waals surface area contributed by atoms with Gasteiger partial charge in [0.05, 0.1) is 28.7 Å². The molecule has 3 nitrogen and oxygen atoms in total. The molecule has 1 aliphatic heterocycles. The second-order valence-electron chi connectivity index (χ2n) is 10.1. The molecule has 5 rings (SSSR count). The number of alkyl halides is 1. The molecule has 0 unspecified atom stereocenters. The minimum absolute atomic E-state index is 0.0726. The maximum absolute atomic E-state index is 10.6. The van der Waals surface area contributed by atoms with Gasteiger partial charge in [0.1, 0.15) is 0 Å². The van der Waals surface area contributed by atoms with E-state index in [-0.39, 0.29) is 33.0 Å². The van der Waals surface area contributed by atoms with Gasteiger partial charge >= 0.3 is 0 Å². The van der Waals surface area contributed by atoms with E-state index < -0.39 is 0 Å². The van der Waals surface area contributed by atoms with Crippen molar-refractivity contribution < 1.29 is 14.9 Å². The Morgan fingerprint density at radius 1 is 0.958 bits per heavy atom. The Labute approximate surface area is 153 Å². The number of ether oxygens (including phenoxy) is 1. The van der Waals surface area contributed by atoms with Crippen LogP contribution in [0.15, 0.2) is 0 Å². The van der Waals surface area contributed by atoms with E-state index in [2.05, 4.69) is 29.8 Å². The first-order valence-electron chi connectivity index (χ1n) is 9.95. The normalized spacial score (nSPS) is 65.1. The van der Waals surface area contributed by atoms with Gasteiger partial charge in [-0.1, -0.05) is 22.9 Å². The topological polar surface area (TPSA) is 49.7 Å². The molecule has 0 spiro atoms. The van der Waals surface area contributed by atoms with Gasteiger partial charge in [0.15, 0.2) is 0 Å². The van der Waals surface area contributed by atoms with Crippen LogP contribution in [0.4, 0.5) is 0 Å². The molecule has 2 N–H and O–H groups in total. The van der Waals surface area contributed by atoms with E-state index in [1.165, 1.54) is 12.8 Å². The van der Waals surface area contributed by atoms with Crippen molar-refractivity contribution in [1.82, 2.24) is 0 Å². The van der Waals surface area contributed by atoms with Crippen molar-refractivity contribution >= 4 is 15.9 Å². The highest BCUT2D eigenvalue weighted by Gasteiger charge is 2.76. The maximum atomic E-state index is 10.6. The first kappa shape index (κ1) is 16.5. The van der Waals surface area contributed by atoms with E-state index in [9.17, 15) is 10.2 Å².